The van der Waals surface area contributed by atoms with Crippen LogP contribution in [0.2, 0.25) is 5.02 Å². The number of ether oxygens (including phenoxy) is 1. The van der Waals surface area contributed by atoms with E-state index in [4.69, 9.17) is 26.3 Å². The summed E-state index contributed by atoms with van der Waals surface area (Å²) in [6.07, 6.45) is 2.93. The van der Waals surface area contributed by atoms with Crippen molar-refractivity contribution in [1.29, 1.82) is 0 Å². The van der Waals surface area contributed by atoms with E-state index >= 15 is 0 Å². The van der Waals surface area contributed by atoms with Gasteiger partial charge in [-0.3, -0.25) is 0 Å². The molecule has 0 amide bonds. The maximum Gasteiger partial charge on any atom is 0.349 e. The lowest BCUT2D eigenvalue weighted by molar-refractivity contribution is -0.183. The van der Waals surface area contributed by atoms with Crippen LogP contribution in [0.25, 0.3) is 0 Å². The highest BCUT2D eigenvalue weighted by Gasteiger charge is 2.27. The van der Waals surface area contributed by atoms with Crippen molar-refractivity contribution in [3.8, 4) is 5.75 Å². The van der Waals surface area contributed by atoms with Crippen LogP contribution in [0, 0.1) is 12.7 Å². The minimum Gasteiger partial charge on any atom is -0.490 e. The van der Waals surface area contributed by atoms with E-state index in [1.807, 2.05) is 13.0 Å². The third kappa shape index (κ3) is 5.12. The Morgan fingerprint density at radius 2 is 2.03 bits per heavy atom. The van der Waals surface area contributed by atoms with E-state index in [2.05, 4.69) is 4.90 Å². The van der Waals surface area contributed by atoms with Crippen LogP contribution in [-0.4, -0.2) is 48.3 Å². The van der Waals surface area contributed by atoms with Crippen molar-refractivity contribution >= 4 is 29.2 Å². The number of rotatable bonds is 5. The molecule has 33 heavy (non-hydrogen) atoms. The van der Waals surface area contributed by atoms with Crippen LogP contribution < -0.4 is 9.64 Å². The zero-order chi connectivity index (χ0) is 23.5. The highest BCUT2D eigenvalue weighted by molar-refractivity contribution is 6.30. The van der Waals surface area contributed by atoms with Gasteiger partial charge >= 0.3 is 11.9 Å². The molecule has 0 radical (unpaired) electrons. The molecule has 174 valence electrons. The summed E-state index contributed by atoms with van der Waals surface area (Å²) in [7, 11) is 0. The lowest BCUT2D eigenvalue weighted by Gasteiger charge is -2.34. The molecule has 0 unspecified atom stereocenters. The Kier molecular flexibility index (Phi) is 6.85. The molecular weight excluding hydrogens is 451 g/mol. The van der Waals surface area contributed by atoms with Gasteiger partial charge in [0.2, 0.25) is 0 Å². The number of halogens is 2. The van der Waals surface area contributed by atoms with Crippen molar-refractivity contribution in [1.82, 2.24) is 5.06 Å². The SMILES string of the molecule is Cc1c2c(cc3c1N(Cc1cccc(Cl)c1F)CCO3)CCN(OC(=O)/C=C/C(=O)O)CC2. The lowest BCUT2D eigenvalue weighted by Crippen LogP contribution is -2.33. The second kappa shape index (κ2) is 9.80. The summed E-state index contributed by atoms with van der Waals surface area (Å²) in [5.41, 5.74) is 4.78. The molecule has 4 rings (SSSR count). The number of hydrogen-bond acceptors (Lipinski definition) is 6. The summed E-state index contributed by atoms with van der Waals surface area (Å²) < 4.78 is 20.5. The largest absolute Gasteiger partial charge is 0.490 e. The minimum atomic E-state index is -1.21. The molecule has 7 nitrogen and oxygen atoms in total. The molecule has 2 aromatic rings. The summed E-state index contributed by atoms with van der Waals surface area (Å²) in [5.74, 6) is -1.58. The standard InChI is InChI=1S/C24H24ClFN2O5/c1-15-18-8-10-28(33-22(31)6-5-21(29)30)9-7-16(18)13-20-24(15)27(11-12-32-20)14-17-3-2-4-19(25)23(17)26/h2-6,13H,7-12,14H2,1H3,(H,29,30)/b6-5+. The van der Waals surface area contributed by atoms with Gasteiger partial charge in [-0.15, -0.1) is 5.06 Å². The number of nitrogens with zero attached hydrogens (tertiary/aromatic N) is 2. The van der Waals surface area contributed by atoms with E-state index in [0.717, 1.165) is 40.3 Å². The third-order valence-electron chi connectivity index (χ3n) is 5.88. The van der Waals surface area contributed by atoms with Gasteiger partial charge in [0, 0.05) is 37.3 Å². The first-order valence-corrected chi connectivity index (χ1v) is 11.0. The molecule has 2 aromatic carbocycles. The van der Waals surface area contributed by atoms with Crippen molar-refractivity contribution in [3.05, 3.63) is 69.5 Å². The predicted molar refractivity (Wildman–Crippen MR) is 121 cm³/mol. The Hall–Kier alpha value is -3.10. The number of fused-ring (bicyclic) bond motifs is 2. The maximum atomic E-state index is 14.5. The molecule has 2 aliphatic rings. The highest BCUT2D eigenvalue weighted by atomic mass is 35.5. The van der Waals surface area contributed by atoms with E-state index in [9.17, 15) is 14.0 Å². The van der Waals surface area contributed by atoms with Crippen molar-refractivity contribution < 1.29 is 28.7 Å². The number of anilines is 1. The maximum absolute atomic E-state index is 14.5. The fourth-order valence-corrected chi connectivity index (χ4v) is 4.54. The number of hydroxylamine groups is 2. The Balaban J connectivity index is 1.56. The topological polar surface area (TPSA) is 79.3 Å². The molecule has 9 heteroatoms. The fraction of sp³-hybridized carbons (Fsp3) is 0.333. The molecule has 0 spiro atoms. The van der Waals surface area contributed by atoms with Crippen LogP contribution in [0.4, 0.5) is 10.1 Å². The van der Waals surface area contributed by atoms with E-state index in [1.165, 1.54) is 6.07 Å². The summed E-state index contributed by atoms with van der Waals surface area (Å²) >= 11 is 5.97. The molecule has 0 aromatic heterocycles. The van der Waals surface area contributed by atoms with E-state index in [-0.39, 0.29) is 5.02 Å². The molecule has 2 aliphatic heterocycles. The predicted octanol–water partition coefficient (Wildman–Crippen LogP) is 3.69. The summed E-state index contributed by atoms with van der Waals surface area (Å²) in [6, 6.07) is 7.04. The quantitative estimate of drug-likeness (QED) is 0.662. The normalized spacial score (nSPS) is 16.0. The fourth-order valence-electron chi connectivity index (χ4n) is 4.35. The number of hydrogen-bond donors (Lipinski definition) is 1. The molecule has 0 saturated carbocycles. The average Bonchev–Trinajstić information content (AvgIpc) is 2.98. The van der Waals surface area contributed by atoms with Crippen LogP contribution in [0.1, 0.15) is 22.3 Å². The van der Waals surface area contributed by atoms with Crippen LogP contribution >= 0.6 is 11.6 Å². The van der Waals surface area contributed by atoms with Crippen molar-refractivity contribution in [2.75, 3.05) is 31.1 Å². The number of carbonyl (C=O) groups is 2. The van der Waals surface area contributed by atoms with Gasteiger partial charge in [-0.25, -0.2) is 14.0 Å². The van der Waals surface area contributed by atoms with E-state index < -0.39 is 17.8 Å². The van der Waals surface area contributed by atoms with E-state index in [0.29, 0.717) is 51.2 Å². The van der Waals surface area contributed by atoms with Gasteiger partial charge in [0.1, 0.15) is 18.2 Å². The monoisotopic (exact) mass is 474 g/mol. The lowest BCUT2D eigenvalue weighted by atomic mass is 9.94. The zero-order valence-electron chi connectivity index (χ0n) is 18.1. The molecule has 0 fully saturated rings. The van der Waals surface area contributed by atoms with Crippen molar-refractivity contribution in [2.45, 2.75) is 26.3 Å². The Bertz CT molecular complexity index is 1120. The molecule has 2 heterocycles. The van der Waals surface area contributed by atoms with Gasteiger partial charge in [-0.1, -0.05) is 23.7 Å². The van der Waals surface area contributed by atoms with E-state index in [1.54, 1.807) is 17.2 Å². The summed E-state index contributed by atoms with van der Waals surface area (Å²) in [6.45, 7) is 4.48. The molecule has 0 bridgehead atoms. The second-order valence-electron chi connectivity index (χ2n) is 7.98. The summed E-state index contributed by atoms with van der Waals surface area (Å²) in [5, 5.41) is 10.3. The first kappa shape index (κ1) is 23.1. The average molecular weight is 475 g/mol. The first-order valence-electron chi connectivity index (χ1n) is 10.7. The Morgan fingerprint density at radius 1 is 1.24 bits per heavy atom. The van der Waals surface area contributed by atoms with Crippen LogP contribution in [0.5, 0.6) is 5.75 Å². The van der Waals surface area contributed by atoms with Gasteiger partial charge in [0.15, 0.2) is 0 Å². The number of carboxylic acid groups (broad SMARTS) is 1. The highest BCUT2D eigenvalue weighted by Crippen LogP contribution is 2.40. The van der Waals surface area contributed by atoms with Crippen LogP contribution in [0.15, 0.2) is 36.4 Å². The van der Waals surface area contributed by atoms with Crippen molar-refractivity contribution in [3.63, 3.8) is 0 Å². The number of aliphatic carboxylic acids is 1. The number of benzene rings is 2. The van der Waals surface area contributed by atoms with Crippen molar-refractivity contribution in [2.24, 2.45) is 0 Å². The van der Waals surface area contributed by atoms with Gasteiger partial charge < -0.3 is 19.6 Å². The van der Waals surface area contributed by atoms with Gasteiger partial charge in [-0.2, -0.15) is 0 Å². The minimum absolute atomic E-state index is 0.104. The smallest absolute Gasteiger partial charge is 0.349 e. The third-order valence-corrected chi connectivity index (χ3v) is 6.18. The summed E-state index contributed by atoms with van der Waals surface area (Å²) in [4.78, 5) is 29.9. The Labute approximate surface area is 195 Å². The molecule has 1 N–H and O–H groups in total. The Morgan fingerprint density at radius 3 is 2.82 bits per heavy atom. The number of carbonyl (C=O) groups excluding carboxylic acids is 1. The van der Waals surface area contributed by atoms with Crippen LogP contribution in [-0.2, 0) is 33.8 Å². The molecule has 0 atom stereocenters. The van der Waals surface area contributed by atoms with Gasteiger partial charge in [-0.05, 0) is 48.6 Å². The second-order valence-corrected chi connectivity index (χ2v) is 8.39. The molecule has 0 aliphatic carbocycles. The molecular formula is C24H24ClFN2O5. The molecule has 0 saturated heterocycles. The zero-order valence-corrected chi connectivity index (χ0v) is 18.9. The van der Waals surface area contributed by atoms with Crippen LogP contribution in [0.3, 0.4) is 0 Å². The number of carboxylic acids is 1. The van der Waals surface area contributed by atoms with Gasteiger partial charge in [0.05, 0.1) is 17.3 Å². The van der Waals surface area contributed by atoms with Gasteiger partial charge in [0.25, 0.3) is 0 Å². The first-order chi connectivity index (χ1) is 15.8.